The minimum atomic E-state index is -0.666. The summed E-state index contributed by atoms with van der Waals surface area (Å²) in [7, 11) is 0. The summed E-state index contributed by atoms with van der Waals surface area (Å²) in [6.07, 6.45) is -0.666. The third-order valence-electron chi connectivity index (χ3n) is 3.61. The third-order valence-corrected chi connectivity index (χ3v) is 3.92. The van der Waals surface area contributed by atoms with Crippen LogP contribution in [0.4, 0.5) is 11.6 Å². The molecule has 1 heterocycles. The van der Waals surface area contributed by atoms with Crippen LogP contribution in [0.2, 0.25) is 5.02 Å². The monoisotopic (exact) mass is 416 g/mol. The van der Waals surface area contributed by atoms with Gasteiger partial charge in [-0.25, -0.2) is 5.84 Å². The van der Waals surface area contributed by atoms with E-state index >= 15 is 0 Å². The first kappa shape index (κ1) is 23.2. The molecule has 1 unspecified atom stereocenters. The van der Waals surface area contributed by atoms with Crippen molar-refractivity contribution in [1.82, 2.24) is 15.5 Å². The Kier molecular flexibility index (Phi) is 9.54. The number of halogens is 2. The zero-order valence-electron chi connectivity index (χ0n) is 15.3. The molecule has 0 amide bonds. The van der Waals surface area contributed by atoms with Crippen molar-refractivity contribution in [3.8, 4) is 5.75 Å². The summed E-state index contributed by atoms with van der Waals surface area (Å²) in [6, 6.07) is 10.7. The molecule has 1 aromatic carbocycles. The van der Waals surface area contributed by atoms with Crippen molar-refractivity contribution >= 4 is 35.6 Å². The van der Waals surface area contributed by atoms with Gasteiger partial charge in [-0.2, -0.15) is 0 Å². The molecule has 6 N–H and O–H groups in total. The maximum absolute atomic E-state index is 10.1. The molecule has 27 heavy (non-hydrogen) atoms. The minimum absolute atomic E-state index is 0. The van der Waals surface area contributed by atoms with Crippen LogP contribution in [0.15, 0.2) is 36.4 Å². The first-order valence-electron chi connectivity index (χ1n) is 8.24. The number of hydrogen-bond donors (Lipinski definition) is 5. The molecule has 2 rings (SSSR count). The Morgan fingerprint density at radius 2 is 1.85 bits per heavy atom. The molecule has 8 nitrogen and oxygen atoms in total. The van der Waals surface area contributed by atoms with Crippen LogP contribution >= 0.6 is 24.0 Å². The summed E-state index contributed by atoms with van der Waals surface area (Å²) < 4.78 is 5.54. The van der Waals surface area contributed by atoms with Crippen molar-refractivity contribution in [2.75, 3.05) is 30.4 Å². The van der Waals surface area contributed by atoms with Gasteiger partial charge in [0.2, 0.25) is 0 Å². The van der Waals surface area contributed by atoms with Gasteiger partial charge in [-0.3, -0.25) is 0 Å². The molecule has 0 saturated carbocycles. The summed E-state index contributed by atoms with van der Waals surface area (Å²) >= 11 is 6.02. The van der Waals surface area contributed by atoms with E-state index in [4.69, 9.17) is 22.2 Å². The van der Waals surface area contributed by atoms with E-state index in [1.165, 1.54) is 0 Å². The first-order valence-corrected chi connectivity index (χ1v) is 8.62. The second kappa shape index (κ2) is 11.1. The van der Waals surface area contributed by atoms with Crippen LogP contribution < -0.4 is 26.6 Å². The number of rotatable bonds is 10. The second-order valence-corrected chi connectivity index (χ2v) is 6.87. The van der Waals surface area contributed by atoms with Crippen LogP contribution in [-0.2, 0) is 0 Å². The van der Waals surface area contributed by atoms with E-state index in [0.717, 1.165) is 0 Å². The molecule has 10 heteroatoms. The lowest BCUT2D eigenvalue weighted by Gasteiger charge is -2.28. The maximum atomic E-state index is 10.1. The lowest BCUT2D eigenvalue weighted by molar-refractivity contribution is 0.0997. The zero-order chi connectivity index (χ0) is 19.0. The van der Waals surface area contributed by atoms with Crippen LogP contribution in [0, 0.1) is 0 Å². The summed E-state index contributed by atoms with van der Waals surface area (Å²) in [5.74, 6) is 6.95. The van der Waals surface area contributed by atoms with Gasteiger partial charge in [0, 0.05) is 18.6 Å². The lowest BCUT2D eigenvalue weighted by Crippen LogP contribution is -2.49. The molecule has 1 atom stereocenters. The smallest absolute Gasteiger partial charge is 0.162 e. The number of nitrogens with zero attached hydrogens (tertiary/aromatic N) is 2. The quantitative estimate of drug-likeness (QED) is 0.295. The molecule has 0 radical (unpaired) electrons. The third kappa shape index (κ3) is 8.15. The van der Waals surface area contributed by atoms with Gasteiger partial charge < -0.3 is 25.9 Å². The standard InChI is InChI=1S/C17H25ClN6O2.ClH/c1-17(2,11-20-15-7-8-16(22-19)24-23-15)21-9-12(25)10-26-14-6-4-3-5-13(14)18;/h3-8,12,21,25H,9-11,19H2,1-2H3,(H,20,23)(H,22,24);1H. The van der Waals surface area contributed by atoms with Crippen molar-refractivity contribution < 1.29 is 9.84 Å². The molecule has 0 saturated heterocycles. The highest BCUT2D eigenvalue weighted by molar-refractivity contribution is 6.32. The van der Waals surface area contributed by atoms with E-state index in [-0.39, 0.29) is 24.6 Å². The van der Waals surface area contributed by atoms with E-state index in [1.54, 1.807) is 24.3 Å². The van der Waals surface area contributed by atoms with Gasteiger partial charge in [0.15, 0.2) is 5.82 Å². The van der Waals surface area contributed by atoms with E-state index < -0.39 is 6.10 Å². The van der Waals surface area contributed by atoms with Gasteiger partial charge in [-0.15, -0.1) is 22.6 Å². The molecule has 2 aromatic rings. The Hall–Kier alpha value is -1.84. The number of ether oxygens (including phenoxy) is 1. The molecular formula is C17H26Cl2N6O2. The highest BCUT2D eigenvalue weighted by Gasteiger charge is 2.19. The Labute approximate surface area is 170 Å². The fourth-order valence-corrected chi connectivity index (χ4v) is 2.27. The average molecular weight is 417 g/mol. The number of para-hydroxylation sites is 1. The van der Waals surface area contributed by atoms with Crippen LogP contribution in [0.3, 0.4) is 0 Å². The number of anilines is 2. The molecule has 0 aliphatic heterocycles. The molecule has 1 aromatic heterocycles. The minimum Gasteiger partial charge on any atom is -0.489 e. The predicted molar refractivity (Wildman–Crippen MR) is 111 cm³/mol. The van der Waals surface area contributed by atoms with E-state index in [1.807, 2.05) is 26.0 Å². The number of aliphatic hydroxyl groups is 1. The average Bonchev–Trinajstić information content (AvgIpc) is 2.65. The van der Waals surface area contributed by atoms with Crippen LogP contribution in [0.1, 0.15) is 13.8 Å². The number of hydrogen-bond acceptors (Lipinski definition) is 8. The maximum Gasteiger partial charge on any atom is 0.162 e. The fraction of sp³-hybridized carbons (Fsp3) is 0.412. The molecule has 0 spiro atoms. The zero-order valence-corrected chi connectivity index (χ0v) is 16.8. The molecule has 0 aliphatic rings. The summed E-state index contributed by atoms with van der Waals surface area (Å²) in [4.78, 5) is 0. The number of nitrogens with one attached hydrogen (secondary N) is 3. The van der Waals surface area contributed by atoms with E-state index in [9.17, 15) is 5.11 Å². The van der Waals surface area contributed by atoms with Crippen molar-refractivity contribution in [2.24, 2.45) is 5.84 Å². The number of hydrazine groups is 1. The molecule has 0 bridgehead atoms. The number of nitrogens with two attached hydrogens (primary N) is 1. The topological polar surface area (TPSA) is 117 Å². The summed E-state index contributed by atoms with van der Waals surface area (Å²) in [6.45, 7) is 5.16. The van der Waals surface area contributed by atoms with E-state index in [2.05, 4.69) is 26.3 Å². The Bertz CT molecular complexity index is 687. The SMILES string of the molecule is CC(C)(CNc1ccc(NN)nn1)NCC(O)COc1ccccc1Cl.Cl. The number of aromatic nitrogens is 2. The van der Waals surface area contributed by atoms with Crippen molar-refractivity contribution in [3.05, 3.63) is 41.4 Å². The van der Waals surface area contributed by atoms with Crippen molar-refractivity contribution in [3.63, 3.8) is 0 Å². The Balaban J connectivity index is 0.00000364. The van der Waals surface area contributed by atoms with Gasteiger partial charge in [0.25, 0.3) is 0 Å². The fourth-order valence-electron chi connectivity index (χ4n) is 2.08. The number of benzene rings is 1. The van der Waals surface area contributed by atoms with Gasteiger partial charge in [-0.05, 0) is 38.1 Å². The lowest BCUT2D eigenvalue weighted by atomic mass is 10.1. The van der Waals surface area contributed by atoms with Crippen LogP contribution in [0.5, 0.6) is 5.75 Å². The number of aliphatic hydroxyl groups excluding tert-OH is 1. The largest absolute Gasteiger partial charge is 0.489 e. The highest BCUT2D eigenvalue weighted by Crippen LogP contribution is 2.23. The Morgan fingerprint density at radius 1 is 1.19 bits per heavy atom. The first-order chi connectivity index (χ1) is 12.4. The highest BCUT2D eigenvalue weighted by atomic mass is 35.5. The van der Waals surface area contributed by atoms with E-state index in [0.29, 0.717) is 35.5 Å². The van der Waals surface area contributed by atoms with Crippen LogP contribution in [0.25, 0.3) is 0 Å². The molecular weight excluding hydrogens is 391 g/mol. The van der Waals surface area contributed by atoms with Gasteiger partial charge in [0.05, 0.1) is 5.02 Å². The summed E-state index contributed by atoms with van der Waals surface area (Å²) in [5, 5.41) is 25.0. The number of β-amino-alcohol motifs (C(OH)–C–C–N with tert-alkyl or cyclic N) is 1. The van der Waals surface area contributed by atoms with Gasteiger partial charge >= 0.3 is 0 Å². The molecule has 0 aliphatic carbocycles. The van der Waals surface area contributed by atoms with Crippen LogP contribution in [-0.4, -0.2) is 46.6 Å². The van der Waals surface area contributed by atoms with Crippen molar-refractivity contribution in [2.45, 2.75) is 25.5 Å². The normalized spacial score (nSPS) is 12.0. The second-order valence-electron chi connectivity index (χ2n) is 6.46. The summed E-state index contributed by atoms with van der Waals surface area (Å²) in [5.41, 5.74) is 2.14. The van der Waals surface area contributed by atoms with Gasteiger partial charge in [0.1, 0.15) is 24.3 Å². The van der Waals surface area contributed by atoms with Gasteiger partial charge in [-0.1, -0.05) is 23.7 Å². The Morgan fingerprint density at radius 3 is 2.48 bits per heavy atom. The molecule has 0 fully saturated rings. The molecule has 150 valence electrons. The predicted octanol–water partition coefficient (Wildman–Crippen LogP) is 2.06. The number of nitrogen functional groups attached to an aromatic ring is 1. The van der Waals surface area contributed by atoms with Crippen molar-refractivity contribution in [1.29, 1.82) is 0 Å².